The first-order valence-electron chi connectivity index (χ1n) is 5.60. The smallest absolute Gasteiger partial charge is 0.337 e. The highest BCUT2D eigenvalue weighted by Gasteiger charge is 2.20. The largest absolute Gasteiger partial charge is 0.507 e. The van der Waals surface area contributed by atoms with E-state index < -0.39 is 17.5 Å². The number of phenolic OH excluding ortho intramolecular Hbond substituents is 2. The van der Waals surface area contributed by atoms with Gasteiger partial charge in [-0.2, -0.15) is 0 Å². The molecule has 0 aliphatic rings. The van der Waals surface area contributed by atoms with Gasteiger partial charge in [0.25, 0.3) is 0 Å². The Bertz CT molecular complexity index is 709. The van der Waals surface area contributed by atoms with Crippen molar-refractivity contribution >= 4 is 17.4 Å². The molecule has 0 atom stereocenters. The number of nitrogens with two attached hydrogens (primary N) is 1. The maximum atomic E-state index is 12.2. The average Bonchev–Trinajstić information content (AvgIpc) is 2.40. The van der Waals surface area contributed by atoms with E-state index in [-0.39, 0.29) is 28.1 Å². The quantitative estimate of drug-likeness (QED) is 0.383. The van der Waals surface area contributed by atoms with Gasteiger partial charge in [-0.3, -0.25) is 4.79 Å². The molecule has 102 valence electrons. The van der Waals surface area contributed by atoms with Crippen LogP contribution in [0, 0.1) is 0 Å². The molecule has 0 saturated heterocycles. The standard InChI is InChI=1S/C14H11NO5/c15-10-5-9(12(17)6-8(10)14(19)20)13(18)7-3-1-2-4-11(7)16/h1-6,16-17H,15H2,(H,19,20). The number of carboxylic acid groups (broad SMARTS) is 1. The molecule has 0 aliphatic heterocycles. The summed E-state index contributed by atoms with van der Waals surface area (Å²) < 4.78 is 0. The number of ketones is 1. The van der Waals surface area contributed by atoms with E-state index in [1.165, 1.54) is 12.1 Å². The number of rotatable bonds is 3. The van der Waals surface area contributed by atoms with Crippen molar-refractivity contribution in [1.82, 2.24) is 0 Å². The fraction of sp³-hybridized carbons (Fsp3) is 0. The summed E-state index contributed by atoms with van der Waals surface area (Å²) in [6, 6.07) is 7.81. The van der Waals surface area contributed by atoms with Crippen LogP contribution in [0.4, 0.5) is 5.69 Å². The van der Waals surface area contributed by atoms with Crippen LogP contribution >= 0.6 is 0 Å². The first-order chi connectivity index (χ1) is 9.41. The number of phenols is 2. The molecule has 6 nitrogen and oxygen atoms in total. The Morgan fingerprint density at radius 1 is 0.900 bits per heavy atom. The van der Waals surface area contributed by atoms with E-state index in [0.717, 1.165) is 12.1 Å². The lowest BCUT2D eigenvalue weighted by molar-refractivity contribution is 0.0697. The molecule has 0 amide bonds. The Morgan fingerprint density at radius 2 is 1.55 bits per heavy atom. The Kier molecular flexibility index (Phi) is 3.30. The highest BCUT2D eigenvalue weighted by molar-refractivity contribution is 6.13. The highest BCUT2D eigenvalue weighted by Crippen LogP contribution is 2.29. The van der Waals surface area contributed by atoms with Crippen LogP contribution in [0.2, 0.25) is 0 Å². The van der Waals surface area contributed by atoms with Gasteiger partial charge in [-0.1, -0.05) is 12.1 Å². The van der Waals surface area contributed by atoms with Gasteiger partial charge >= 0.3 is 5.97 Å². The molecule has 20 heavy (non-hydrogen) atoms. The van der Waals surface area contributed by atoms with E-state index in [2.05, 4.69) is 0 Å². The number of aromatic hydroxyl groups is 2. The molecule has 0 aliphatic carbocycles. The molecule has 2 aromatic rings. The van der Waals surface area contributed by atoms with E-state index in [4.69, 9.17) is 10.8 Å². The number of hydrogen-bond acceptors (Lipinski definition) is 5. The van der Waals surface area contributed by atoms with E-state index in [1.807, 2.05) is 0 Å². The molecule has 0 radical (unpaired) electrons. The maximum Gasteiger partial charge on any atom is 0.337 e. The molecule has 2 aromatic carbocycles. The van der Waals surface area contributed by atoms with Crippen LogP contribution in [-0.4, -0.2) is 27.1 Å². The van der Waals surface area contributed by atoms with E-state index >= 15 is 0 Å². The highest BCUT2D eigenvalue weighted by atomic mass is 16.4. The molecule has 0 aromatic heterocycles. The van der Waals surface area contributed by atoms with Crippen molar-refractivity contribution in [3.05, 3.63) is 53.1 Å². The van der Waals surface area contributed by atoms with Crippen molar-refractivity contribution in [1.29, 1.82) is 0 Å². The number of carbonyl (C=O) groups is 2. The maximum absolute atomic E-state index is 12.2. The minimum Gasteiger partial charge on any atom is -0.507 e. The molecule has 5 N–H and O–H groups in total. The molecule has 0 heterocycles. The summed E-state index contributed by atoms with van der Waals surface area (Å²) in [6.07, 6.45) is 0. The van der Waals surface area contributed by atoms with Crippen molar-refractivity contribution in [2.24, 2.45) is 0 Å². The predicted molar refractivity (Wildman–Crippen MR) is 71.0 cm³/mol. The number of benzene rings is 2. The summed E-state index contributed by atoms with van der Waals surface area (Å²) in [5, 5.41) is 28.2. The Morgan fingerprint density at radius 3 is 2.15 bits per heavy atom. The first-order valence-corrected chi connectivity index (χ1v) is 5.60. The van der Waals surface area contributed by atoms with Gasteiger partial charge in [-0.15, -0.1) is 0 Å². The average molecular weight is 273 g/mol. The van der Waals surface area contributed by atoms with Crippen LogP contribution in [0.25, 0.3) is 0 Å². The monoisotopic (exact) mass is 273 g/mol. The second kappa shape index (κ2) is 4.93. The summed E-state index contributed by atoms with van der Waals surface area (Å²) in [5.74, 6) is -2.70. The van der Waals surface area contributed by atoms with E-state index in [0.29, 0.717) is 0 Å². The zero-order chi connectivity index (χ0) is 14.9. The van der Waals surface area contributed by atoms with Crippen molar-refractivity contribution in [2.45, 2.75) is 0 Å². The van der Waals surface area contributed by atoms with Gasteiger partial charge in [0.2, 0.25) is 5.78 Å². The lowest BCUT2D eigenvalue weighted by Gasteiger charge is -2.08. The van der Waals surface area contributed by atoms with Gasteiger partial charge in [-0.05, 0) is 24.3 Å². The zero-order valence-electron chi connectivity index (χ0n) is 10.2. The molecule has 0 fully saturated rings. The summed E-state index contributed by atoms with van der Waals surface area (Å²) in [7, 11) is 0. The Labute approximate surface area is 113 Å². The van der Waals surface area contributed by atoms with Crippen molar-refractivity contribution < 1.29 is 24.9 Å². The number of aromatic carboxylic acids is 1. The fourth-order valence-corrected chi connectivity index (χ4v) is 1.78. The molecule has 6 heteroatoms. The topological polar surface area (TPSA) is 121 Å². The molecule has 2 rings (SSSR count). The number of carbonyl (C=O) groups excluding carboxylic acids is 1. The Hall–Kier alpha value is -3.02. The molecule has 0 spiro atoms. The summed E-state index contributed by atoms with van der Waals surface area (Å²) in [6.45, 7) is 0. The summed E-state index contributed by atoms with van der Waals surface area (Å²) in [5.41, 5.74) is 4.92. The van der Waals surface area contributed by atoms with Gasteiger partial charge in [0.1, 0.15) is 11.5 Å². The second-order valence-electron chi connectivity index (χ2n) is 4.11. The molecular formula is C14H11NO5. The number of carboxylic acids is 1. The van der Waals surface area contributed by atoms with Crippen LogP contribution < -0.4 is 5.73 Å². The Balaban J connectivity index is 2.54. The van der Waals surface area contributed by atoms with Crippen LogP contribution in [0.1, 0.15) is 26.3 Å². The normalized spacial score (nSPS) is 10.2. The number of nitrogen functional groups attached to an aromatic ring is 1. The lowest BCUT2D eigenvalue weighted by atomic mass is 9.99. The van der Waals surface area contributed by atoms with Crippen LogP contribution in [0.3, 0.4) is 0 Å². The third-order valence-electron chi connectivity index (χ3n) is 2.79. The second-order valence-corrected chi connectivity index (χ2v) is 4.11. The minimum atomic E-state index is -1.31. The van der Waals surface area contributed by atoms with Crippen LogP contribution in [0.15, 0.2) is 36.4 Å². The van der Waals surface area contributed by atoms with Crippen molar-refractivity contribution in [3.8, 4) is 11.5 Å². The van der Waals surface area contributed by atoms with E-state index in [9.17, 15) is 19.8 Å². The molecule has 0 unspecified atom stereocenters. The number of anilines is 1. The summed E-state index contributed by atoms with van der Waals surface area (Å²) in [4.78, 5) is 23.1. The molecular weight excluding hydrogens is 262 g/mol. The van der Waals surface area contributed by atoms with Gasteiger partial charge in [-0.25, -0.2) is 4.79 Å². The third-order valence-corrected chi connectivity index (χ3v) is 2.79. The van der Waals surface area contributed by atoms with Crippen molar-refractivity contribution in [3.63, 3.8) is 0 Å². The molecule has 0 saturated carbocycles. The predicted octanol–water partition coefficient (Wildman–Crippen LogP) is 1.61. The number of para-hydroxylation sites is 1. The van der Waals surface area contributed by atoms with Crippen molar-refractivity contribution in [2.75, 3.05) is 5.73 Å². The lowest BCUT2D eigenvalue weighted by Crippen LogP contribution is -2.07. The van der Waals surface area contributed by atoms with Crippen LogP contribution in [0.5, 0.6) is 11.5 Å². The third kappa shape index (κ3) is 2.26. The van der Waals surface area contributed by atoms with Gasteiger partial charge in [0.05, 0.1) is 16.7 Å². The first kappa shape index (κ1) is 13.4. The van der Waals surface area contributed by atoms with Crippen LogP contribution in [-0.2, 0) is 0 Å². The fourth-order valence-electron chi connectivity index (χ4n) is 1.78. The minimum absolute atomic E-state index is 0.00900. The zero-order valence-corrected chi connectivity index (χ0v) is 10.2. The van der Waals surface area contributed by atoms with E-state index in [1.54, 1.807) is 12.1 Å². The molecule has 0 bridgehead atoms. The summed E-state index contributed by atoms with van der Waals surface area (Å²) >= 11 is 0. The number of hydrogen-bond donors (Lipinski definition) is 4. The SMILES string of the molecule is Nc1cc(C(=O)c2ccccc2O)c(O)cc1C(=O)O. The van der Waals surface area contributed by atoms with Gasteiger partial charge in [0, 0.05) is 5.69 Å². The van der Waals surface area contributed by atoms with Gasteiger partial charge in [0.15, 0.2) is 0 Å². The van der Waals surface area contributed by atoms with Gasteiger partial charge < -0.3 is 21.1 Å².